The Kier molecular flexibility index (Phi) is 4.44. The summed E-state index contributed by atoms with van der Waals surface area (Å²) in [6, 6.07) is 5.18. The summed E-state index contributed by atoms with van der Waals surface area (Å²) in [5, 5.41) is 6.24. The van der Waals surface area contributed by atoms with Crippen LogP contribution in [0.3, 0.4) is 0 Å². The Hall–Kier alpha value is -1.47. The number of nitrogens with one attached hydrogen (secondary N) is 1. The molecular weight excluding hydrogens is 361 g/mol. The van der Waals surface area contributed by atoms with Crippen molar-refractivity contribution in [3.63, 3.8) is 0 Å². The zero-order valence-corrected chi connectivity index (χ0v) is 14.4. The summed E-state index contributed by atoms with van der Waals surface area (Å²) in [5.41, 5.74) is 3.76. The molecule has 4 nitrogen and oxygen atoms in total. The molecule has 0 radical (unpaired) electrons. The second-order valence-corrected chi connectivity index (χ2v) is 6.94. The van der Waals surface area contributed by atoms with E-state index in [9.17, 15) is 4.79 Å². The Morgan fingerprint density at radius 2 is 2.09 bits per heavy atom. The lowest BCUT2D eigenvalue weighted by Gasteiger charge is -2.01. The minimum Gasteiger partial charge on any atom is -0.297 e. The van der Waals surface area contributed by atoms with E-state index in [4.69, 9.17) is 23.2 Å². The van der Waals surface area contributed by atoms with E-state index in [1.807, 2.05) is 5.38 Å². The number of carbonyl (C=O) groups excluding carboxylic acids is 1. The molecule has 0 atom stereocenters. The molecule has 0 aliphatic carbocycles. The van der Waals surface area contributed by atoms with Crippen LogP contribution in [0.2, 0.25) is 10.0 Å². The van der Waals surface area contributed by atoms with Gasteiger partial charge in [-0.3, -0.25) is 10.1 Å². The molecule has 0 spiro atoms. The number of hydrogen-bond donors (Lipinski definition) is 1. The third-order valence-electron chi connectivity index (χ3n) is 2.88. The minimum absolute atomic E-state index is 0.210. The van der Waals surface area contributed by atoms with Gasteiger partial charge in [-0.1, -0.05) is 23.2 Å². The maximum atomic E-state index is 12.1. The van der Waals surface area contributed by atoms with Crippen LogP contribution in [0.4, 0.5) is 5.13 Å². The number of thiazole rings is 2. The van der Waals surface area contributed by atoms with Crippen molar-refractivity contribution in [3.05, 3.63) is 49.7 Å². The number of halogens is 2. The van der Waals surface area contributed by atoms with Crippen LogP contribution in [-0.4, -0.2) is 15.9 Å². The number of benzene rings is 1. The largest absolute Gasteiger partial charge is 0.297 e. The highest BCUT2D eigenvalue weighted by Gasteiger charge is 2.15. The molecule has 112 valence electrons. The highest BCUT2D eigenvalue weighted by Crippen LogP contribution is 2.32. The first kappa shape index (κ1) is 15.4. The van der Waals surface area contributed by atoms with Crippen molar-refractivity contribution in [2.75, 3.05) is 5.32 Å². The fourth-order valence-corrected chi connectivity index (χ4v) is 3.61. The van der Waals surface area contributed by atoms with E-state index in [0.29, 0.717) is 31.4 Å². The third kappa shape index (κ3) is 3.15. The van der Waals surface area contributed by atoms with E-state index < -0.39 is 0 Å². The van der Waals surface area contributed by atoms with Crippen molar-refractivity contribution in [2.45, 2.75) is 6.92 Å². The van der Waals surface area contributed by atoms with Gasteiger partial charge in [-0.15, -0.1) is 22.7 Å². The summed E-state index contributed by atoms with van der Waals surface area (Å²) < 4.78 is 0. The molecular formula is C14H9Cl2N3OS2. The van der Waals surface area contributed by atoms with Crippen LogP contribution in [-0.2, 0) is 0 Å². The zero-order valence-electron chi connectivity index (χ0n) is 11.3. The van der Waals surface area contributed by atoms with Crippen LogP contribution in [0.5, 0.6) is 0 Å². The lowest BCUT2D eigenvalue weighted by Crippen LogP contribution is -2.11. The van der Waals surface area contributed by atoms with Crippen molar-refractivity contribution < 1.29 is 4.79 Å². The molecule has 0 bridgehead atoms. The van der Waals surface area contributed by atoms with E-state index in [0.717, 1.165) is 5.56 Å². The fourth-order valence-electron chi connectivity index (χ4n) is 1.82. The topological polar surface area (TPSA) is 54.9 Å². The zero-order chi connectivity index (χ0) is 15.7. The number of hydrogen-bond acceptors (Lipinski definition) is 5. The molecule has 0 saturated heterocycles. The minimum atomic E-state index is -0.210. The summed E-state index contributed by atoms with van der Waals surface area (Å²) in [4.78, 5) is 21.2. The number of nitrogens with zero attached hydrogens (tertiary/aromatic N) is 2. The van der Waals surface area contributed by atoms with E-state index in [-0.39, 0.29) is 5.91 Å². The molecule has 1 aromatic carbocycles. The van der Waals surface area contributed by atoms with E-state index in [1.165, 1.54) is 22.7 Å². The van der Waals surface area contributed by atoms with Crippen LogP contribution in [0, 0.1) is 6.92 Å². The lowest BCUT2D eigenvalue weighted by molar-refractivity contribution is 0.103. The van der Waals surface area contributed by atoms with Crippen LogP contribution in [0.1, 0.15) is 15.4 Å². The molecule has 1 amide bonds. The molecule has 1 N–H and O–H groups in total. The van der Waals surface area contributed by atoms with Crippen LogP contribution in [0.15, 0.2) is 29.1 Å². The number of amides is 1. The van der Waals surface area contributed by atoms with Gasteiger partial charge in [0.25, 0.3) is 5.91 Å². The van der Waals surface area contributed by atoms with Gasteiger partial charge in [0, 0.05) is 16.0 Å². The lowest BCUT2D eigenvalue weighted by atomic mass is 10.2. The molecule has 3 aromatic rings. The number of rotatable bonds is 3. The molecule has 22 heavy (non-hydrogen) atoms. The number of aryl methyl sites for hydroxylation is 1. The molecule has 0 unspecified atom stereocenters. The van der Waals surface area contributed by atoms with Crippen LogP contribution in [0.25, 0.3) is 11.3 Å². The van der Waals surface area contributed by atoms with Crippen molar-refractivity contribution in [1.82, 2.24) is 9.97 Å². The Morgan fingerprint density at radius 1 is 1.27 bits per heavy atom. The predicted molar refractivity (Wildman–Crippen MR) is 92.4 cm³/mol. The maximum Gasteiger partial charge on any atom is 0.269 e. The normalized spacial score (nSPS) is 10.7. The third-order valence-corrected chi connectivity index (χ3v) is 5.13. The average molecular weight is 370 g/mol. The van der Waals surface area contributed by atoms with Crippen LogP contribution >= 0.6 is 45.9 Å². The number of carbonyl (C=O) groups is 1. The summed E-state index contributed by atoms with van der Waals surface area (Å²) >= 11 is 14.8. The average Bonchev–Trinajstić information content (AvgIpc) is 3.10. The van der Waals surface area contributed by atoms with Gasteiger partial charge in [0.15, 0.2) is 5.13 Å². The Bertz CT molecular complexity index is 844. The first-order chi connectivity index (χ1) is 10.5. The Morgan fingerprint density at radius 3 is 2.82 bits per heavy atom. The Labute approximate surface area is 144 Å². The Balaban J connectivity index is 1.84. The molecule has 3 rings (SSSR count). The maximum absolute atomic E-state index is 12.1. The first-order valence-electron chi connectivity index (χ1n) is 6.17. The van der Waals surface area contributed by atoms with Gasteiger partial charge in [0.05, 0.1) is 21.9 Å². The van der Waals surface area contributed by atoms with Gasteiger partial charge in [0.2, 0.25) is 0 Å². The molecule has 0 aliphatic heterocycles. The smallest absolute Gasteiger partial charge is 0.269 e. The molecule has 8 heteroatoms. The van der Waals surface area contributed by atoms with E-state index in [2.05, 4.69) is 15.3 Å². The van der Waals surface area contributed by atoms with E-state index in [1.54, 1.807) is 30.6 Å². The van der Waals surface area contributed by atoms with Gasteiger partial charge in [-0.05, 0) is 25.1 Å². The molecule has 0 fully saturated rings. The molecule has 0 aliphatic rings. The van der Waals surface area contributed by atoms with Gasteiger partial charge in [-0.25, -0.2) is 9.97 Å². The van der Waals surface area contributed by atoms with Crippen molar-refractivity contribution in [3.8, 4) is 11.3 Å². The first-order valence-corrected chi connectivity index (χ1v) is 8.68. The van der Waals surface area contributed by atoms with E-state index >= 15 is 0 Å². The quantitative estimate of drug-likeness (QED) is 0.695. The highest BCUT2D eigenvalue weighted by molar-refractivity contribution is 7.14. The summed E-state index contributed by atoms with van der Waals surface area (Å²) in [6.07, 6.45) is 0. The standard InChI is InChI=1S/C14H9Cl2N3OS2/c1-7-12(22-6-17-7)13(20)19-14-18-11(5-21-14)9-4-8(15)2-3-10(9)16/h2-6H,1H3,(H,18,19,20). The molecule has 0 saturated carbocycles. The number of anilines is 1. The second-order valence-electron chi connectivity index (χ2n) is 4.38. The summed E-state index contributed by atoms with van der Waals surface area (Å²) in [7, 11) is 0. The number of aromatic nitrogens is 2. The molecule has 2 heterocycles. The summed E-state index contributed by atoms with van der Waals surface area (Å²) in [5.74, 6) is -0.210. The van der Waals surface area contributed by atoms with Crippen molar-refractivity contribution in [2.24, 2.45) is 0 Å². The van der Waals surface area contributed by atoms with Crippen molar-refractivity contribution >= 4 is 56.9 Å². The van der Waals surface area contributed by atoms with Crippen LogP contribution < -0.4 is 5.32 Å². The second kappa shape index (κ2) is 6.34. The van der Waals surface area contributed by atoms with Gasteiger partial charge in [0.1, 0.15) is 4.88 Å². The van der Waals surface area contributed by atoms with Crippen molar-refractivity contribution in [1.29, 1.82) is 0 Å². The van der Waals surface area contributed by atoms with Gasteiger partial charge < -0.3 is 0 Å². The highest BCUT2D eigenvalue weighted by atomic mass is 35.5. The predicted octanol–water partition coefficient (Wildman–Crippen LogP) is 5.13. The fraction of sp³-hybridized carbons (Fsp3) is 0.0714. The summed E-state index contributed by atoms with van der Waals surface area (Å²) in [6.45, 7) is 1.80. The van der Waals surface area contributed by atoms with Gasteiger partial charge >= 0.3 is 0 Å². The van der Waals surface area contributed by atoms with Gasteiger partial charge in [-0.2, -0.15) is 0 Å². The monoisotopic (exact) mass is 369 g/mol. The molecule has 2 aromatic heterocycles. The SMILES string of the molecule is Cc1ncsc1C(=O)Nc1nc(-c2cc(Cl)ccc2Cl)cs1.